The number of methoxy groups -OCH3 is 1. The summed E-state index contributed by atoms with van der Waals surface area (Å²) in [5.41, 5.74) is 3.52. The Labute approximate surface area is 208 Å². The van der Waals surface area contributed by atoms with Crippen molar-refractivity contribution in [2.24, 2.45) is 0 Å². The van der Waals surface area contributed by atoms with Crippen molar-refractivity contribution in [3.05, 3.63) is 60.2 Å². The number of nitrogens with one attached hydrogen (secondary N) is 1. The molecule has 2 heterocycles. The molecule has 4 rings (SSSR count). The van der Waals surface area contributed by atoms with E-state index in [0.29, 0.717) is 18.0 Å². The zero-order valence-corrected chi connectivity index (χ0v) is 20.9. The first-order chi connectivity index (χ1) is 17.0. The lowest BCUT2D eigenvalue weighted by atomic mass is 10.1. The van der Waals surface area contributed by atoms with Crippen LogP contribution in [0.3, 0.4) is 0 Å². The number of carbonyl (C=O) groups excluding carboxylic acids is 2. The molecule has 0 radical (unpaired) electrons. The smallest absolute Gasteiger partial charge is 0.328 e. The molecule has 0 aliphatic rings. The number of esters is 1. The van der Waals surface area contributed by atoms with Crippen LogP contribution in [0.25, 0.3) is 22.1 Å². The molecular formula is C26H29N5O3S. The van der Waals surface area contributed by atoms with Crippen molar-refractivity contribution >= 4 is 45.7 Å². The monoisotopic (exact) mass is 491 g/mol. The molecule has 2 aromatic heterocycles. The molecule has 0 aliphatic carbocycles. The van der Waals surface area contributed by atoms with Gasteiger partial charge in [-0.25, -0.2) is 9.78 Å². The minimum absolute atomic E-state index is 0.262. The molecule has 1 amide bonds. The van der Waals surface area contributed by atoms with Gasteiger partial charge in [0, 0.05) is 18.4 Å². The van der Waals surface area contributed by atoms with Gasteiger partial charge in [-0.15, -0.1) is 10.2 Å². The quantitative estimate of drug-likeness (QED) is 0.263. The zero-order chi connectivity index (χ0) is 24.8. The maximum atomic E-state index is 13.2. The Morgan fingerprint density at radius 3 is 2.51 bits per heavy atom. The number of benzene rings is 2. The number of ether oxygens (including phenoxy) is 1. The summed E-state index contributed by atoms with van der Waals surface area (Å²) in [6, 6.07) is 16.8. The molecule has 2 aromatic carbocycles. The highest BCUT2D eigenvalue weighted by molar-refractivity contribution is 8.00. The summed E-state index contributed by atoms with van der Waals surface area (Å²) in [5, 5.41) is 12.6. The number of aromatic nitrogens is 4. The topological polar surface area (TPSA) is 99.0 Å². The predicted octanol–water partition coefficient (Wildman–Crippen LogP) is 4.16. The molecule has 182 valence electrons. The number of para-hydroxylation sites is 1. The molecule has 35 heavy (non-hydrogen) atoms. The number of rotatable bonds is 10. The summed E-state index contributed by atoms with van der Waals surface area (Å²) < 4.78 is 7.08. The Bertz CT molecular complexity index is 1320. The van der Waals surface area contributed by atoms with Gasteiger partial charge in [0.1, 0.15) is 11.6 Å². The first-order valence-corrected chi connectivity index (χ1v) is 12.6. The van der Waals surface area contributed by atoms with E-state index in [-0.39, 0.29) is 5.91 Å². The summed E-state index contributed by atoms with van der Waals surface area (Å²) in [5.74, 6) is -0.743. The molecule has 0 saturated heterocycles. The van der Waals surface area contributed by atoms with Crippen molar-refractivity contribution in [2.45, 2.75) is 56.1 Å². The third-order valence-corrected chi connectivity index (χ3v) is 7.01. The second-order valence-electron chi connectivity index (χ2n) is 8.22. The number of fused-ring (bicyclic) bond motifs is 3. The van der Waals surface area contributed by atoms with Gasteiger partial charge < -0.3 is 14.6 Å². The molecule has 8 nitrogen and oxygen atoms in total. The van der Waals surface area contributed by atoms with Crippen molar-refractivity contribution in [2.75, 3.05) is 7.11 Å². The number of amides is 1. The lowest BCUT2D eigenvalue weighted by molar-refractivity contribution is -0.145. The van der Waals surface area contributed by atoms with Gasteiger partial charge in [-0.05, 0) is 24.5 Å². The van der Waals surface area contributed by atoms with Crippen molar-refractivity contribution in [1.82, 2.24) is 25.1 Å². The highest BCUT2D eigenvalue weighted by atomic mass is 32.2. The molecule has 0 spiro atoms. The summed E-state index contributed by atoms with van der Waals surface area (Å²) in [6.45, 7) is 4.85. The van der Waals surface area contributed by atoms with Gasteiger partial charge in [-0.1, -0.05) is 74.1 Å². The maximum absolute atomic E-state index is 13.2. The van der Waals surface area contributed by atoms with E-state index in [1.165, 1.54) is 18.9 Å². The van der Waals surface area contributed by atoms with Gasteiger partial charge in [-0.2, -0.15) is 0 Å². The molecule has 4 aromatic rings. The largest absolute Gasteiger partial charge is 0.467 e. The van der Waals surface area contributed by atoms with Crippen LogP contribution in [-0.4, -0.2) is 50.0 Å². The highest BCUT2D eigenvalue weighted by Gasteiger charge is 2.27. The van der Waals surface area contributed by atoms with Gasteiger partial charge in [0.25, 0.3) is 0 Å². The average Bonchev–Trinajstić information content (AvgIpc) is 3.20. The standard InChI is InChI=1S/C26H29N5O3S/c1-4-15-31-20-14-10-9-13-18(20)22-23(31)28-26(30-29-22)35-21(5-2)24(32)27-19(25(33)34-3)16-17-11-7-6-8-12-17/h6-14,19,21H,4-5,15-16H2,1-3H3,(H,27,32). The summed E-state index contributed by atoms with van der Waals surface area (Å²) in [4.78, 5) is 30.3. The highest BCUT2D eigenvalue weighted by Crippen LogP contribution is 2.29. The van der Waals surface area contributed by atoms with E-state index in [1.807, 2.05) is 55.5 Å². The SMILES string of the molecule is CCCn1c2ccccc2c2nnc(SC(CC)C(=O)NC(Cc3ccccc3)C(=O)OC)nc21. The number of hydrogen-bond donors (Lipinski definition) is 1. The second-order valence-corrected chi connectivity index (χ2v) is 9.39. The molecule has 1 N–H and O–H groups in total. The molecule has 0 aliphatic heterocycles. The predicted molar refractivity (Wildman–Crippen MR) is 137 cm³/mol. The molecule has 0 bridgehead atoms. The van der Waals surface area contributed by atoms with Gasteiger partial charge in [-0.3, -0.25) is 4.79 Å². The average molecular weight is 492 g/mol. The Kier molecular flexibility index (Phi) is 7.97. The maximum Gasteiger partial charge on any atom is 0.328 e. The second kappa shape index (κ2) is 11.3. The van der Waals surface area contributed by atoms with Crippen LogP contribution in [0.1, 0.15) is 32.3 Å². The van der Waals surface area contributed by atoms with Gasteiger partial charge in [0.15, 0.2) is 5.65 Å². The fraction of sp³-hybridized carbons (Fsp3) is 0.346. The van der Waals surface area contributed by atoms with Gasteiger partial charge in [0.05, 0.1) is 17.9 Å². The number of aryl methyl sites for hydroxylation is 1. The summed E-state index contributed by atoms with van der Waals surface area (Å²) >= 11 is 1.25. The van der Waals surface area contributed by atoms with Crippen LogP contribution in [0.15, 0.2) is 59.8 Å². The van der Waals surface area contributed by atoms with E-state index in [0.717, 1.165) is 40.6 Å². The van der Waals surface area contributed by atoms with E-state index >= 15 is 0 Å². The molecular weight excluding hydrogens is 462 g/mol. The fourth-order valence-corrected chi connectivity index (χ4v) is 4.91. The minimum atomic E-state index is -0.779. The van der Waals surface area contributed by atoms with Crippen LogP contribution < -0.4 is 5.32 Å². The number of thioether (sulfide) groups is 1. The molecule has 9 heteroatoms. The van der Waals surface area contributed by atoms with E-state index in [4.69, 9.17) is 9.72 Å². The lowest BCUT2D eigenvalue weighted by Crippen LogP contribution is -2.46. The van der Waals surface area contributed by atoms with Gasteiger partial charge in [0.2, 0.25) is 11.1 Å². The first-order valence-electron chi connectivity index (χ1n) is 11.8. The van der Waals surface area contributed by atoms with Crippen LogP contribution in [0.5, 0.6) is 0 Å². The van der Waals surface area contributed by atoms with Crippen molar-refractivity contribution in [1.29, 1.82) is 0 Å². The van der Waals surface area contributed by atoms with Crippen molar-refractivity contribution < 1.29 is 14.3 Å². The zero-order valence-electron chi connectivity index (χ0n) is 20.1. The molecule has 2 unspecified atom stereocenters. The van der Waals surface area contributed by atoms with E-state index < -0.39 is 17.3 Å². The normalized spacial score (nSPS) is 13.0. The number of hydrogen-bond acceptors (Lipinski definition) is 7. The number of nitrogens with zero attached hydrogens (tertiary/aromatic N) is 4. The summed E-state index contributed by atoms with van der Waals surface area (Å²) in [6.07, 6.45) is 1.84. The minimum Gasteiger partial charge on any atom is -0.467 e. The van der Waals surface area contributed by atoms with Crippen molar-refractivity contribution in [3.63, 3.8) is 0 Å². The van der Waals surface area contributed by atoms with Gasteiger partial charge >= 0.3 is 5.97 Å². The first kappa shape index (κ1) is 24.7. The Hall–Kier alpha value is -3.46. The van der Waals surface area contributed by atoms with Crippen LogP contribution in [0.4, 0.5) is 0 Å². The van der Waals surface area contributed by atoms with Crippen molar-refractivity contribution in [3.8, 4) is 0 Å². The summed E-state index contributed by atoms with van der Waals surface area (Å²) in [7, 11) is 1.32. The Morgan fingerprint density at radius 2 is 1.80 bits per heavy atom. The van der Waals surface area contributed by atoms with Crippen LogP contribution >= 0.6 is 11.8 Å². The van der Waals surface area contributed by atoms with Crippen LogP contribution in [-0.2, 0) is 27.3 Å². The molecule has 2 atom stereocenters. The van der Waals surface area contributed by atoms with Crippen LogP contribution in [0, 0.1) is 0 Å². The third kappa shape index (κ3) is 5.45. The lowest BCUT2D eigenvalue weighted by Gasteiger charge is -2.20. The van der Waals surface area contributed by atoms with E-state index in [2.05, 4.69) is 33.1 Å². The van der Waals surface area contributed by atoms with E-state index in [9.17, 15) is 9.59 Å². The Morgan fingerprint density at radius 1 is 1.06 bits per heavy atom. The Balaban J connectivity index is 1.56. The fourth-order valence-electron chi connectivity index (χ4n) is 4.09. The van der Waals surface area contributed by atoms with Crippen LogP contribution in [0.2, 0.25) is 0 Å². The number of carbonyl (C=O) groups is 2. The van der Waals surface area contributed by atoms with E-state index in [1.54, 1.807) is 0 Å². The third-order valence-electron chi connectivity index (χ3n) is 5.80. The molecule has 0 fully saturated rings. The molecule has 0 saturated carbocycles.